The van der Waals surface area contributed by atoms with Crippen molar-refractivity contribution < 1.29 is 30.7 Å². The molecule has 0 atom stereocenters. The van der Waals surface area contributed by atoms with Crippen LogP contribution in [-0.2, 0) is 5.92 Å². The summed E-state index contributed by atoms with van der Waals surface area (Å²) in [6.07, 6.45) is -1.67. The minimum absolute atomic E-state index is 0.00461. The summed E-state index contributed by atoms with van der Waals surface area (Å²) in [4.78, 5) is 4.13. The van der Waals surface area contributed by atoms with E-state index in [0.717, 1.165) is 18.9 Å². The summed E-state index contributed by atoms with van der Waals surface area (Å²) >= 11 is 0. The molecule has 5 aromatic rings. The molecule has 0 amide bonds. The van der Waals surface area contributed by atoms with E-state index in [9.17, 15) is 26.3 Å². The largest absolute Gasteiger partial charge is 0.458 e. The highest BCUT2D eigenvalue weighted by atomic mass is 19.4. The molecular formula is C24H14F7N5. The van der Waals surface area contributed by atoms with Crippen molar-refractivity contribution in [3.05, 3.63) is 71.8 Å². The second-order valence-corrected chi connectivity index (χ2v) is 8.66. The van der Waals surface area contributed by atoms with Gasteiger partial charge in [0.2, 0.25) is 0 Å². The SMILES string of the molecule is Fc1ccc(-c2cc3c(-c4ccc5[nH]ncc5c4F)c(C4CC4)nn3cn2)cc1C(F)(F)C(F)(F)F. The van der Waals surface area contributed by atoms with Crippen LogP contribution in [0.5, 0.6) is 0 Å². The standard InChI is InChI=1S/C24H14F7N5/c25-16-5-3-12(7-15(16)23(27,28)24(29,30)31)18-8-19-20(22(11-1-2-11)35-36(19)10-32-18)13-4-6-17-14(21(13)26)9-33-34-17/h3-11H,1-2H2,(H,33,34). The van der Waals surface area contributed by atoms with Gasteiger partial charge in [0.25, 0.3) is 0 Å². The molecule has 1 fully saturated rings. The third kappa shape index (κ3) is 3.34. The van der Waals surface area contributed by atoms with Gasteiger partial charge in [0, 0.05) is 22.6 Å². The molecule has 12 heteroatoms. The number of hydrogen-bond acceptors (Lipinski definition) is 3. The van der Waals surface area contributed by atoms with E-state index in [4.69, 9.17) is 0 Å². The predicted molar refractivity (Wildman–Crippen MR) is 115 cm³/mol. The molecule has 1 saturated carbocycles. The number of H-pyrrole nitrogens is 1. The van der Waals surface area contributed by atoms with E-state index >= 15 is 4.39 Å². The normalized spacial score (nSPS) is 14.8. The molecule has 6 rings (SSSR count). The summed E-state index contributed by atoms with van der Waals surface area (Å²) < 4.78 is 97.5. The number of halogens is 7. The molecule has 1 N–H and O–H groups in total. The Morgan fingerprint density at radius 2 is 1.75 bits per heavy atom. The van der Waals surface area contributed by atoms with Gasteiger partial charge in [0.05, 0.1) is 39.6 Å². The number of aromatic amines is 1. The lowest BCUT2D eigenvalue weighted by Gasteiger charge is -2.21. The molecule has 0 saturated heterocycles. The van der Waals surface area contributed by atoms with Crippen molar-refractivity contribution in [3.63, 3.8) is 0 Å². The molecule has 0 bridgehead atoms. The molecule has 0 radical (unpaired) electrons. The van der Waals surface area contributed by atoms with Gasteiger partial charge in [0.1, 0.15) is 18.0 Å². The molecule has 2 aromatic carbocycles. The average Bonchev–Trinajstić information content (AvgIpc) is 3.43. The summed E-state index contributed by atoms with van der Waals surface area (Å²) in [6, 6.07) is 6.66. The van der Waals surface area contributed by atoms with E-state index in [1.54, 1.807) is 12.1 Å². The van der Waals surface area contributed by atoms with Crippen LogP contribution in [0, 0.1) is 11.6 Å². The first-order valence-corrected chi connectivity index (χ1v) is 10.8. The highest BCUT2D eigenvalue weighted by Crippen LogP contribution is 2.47. The summed E-state index contributed by atoms with van der Waals surface area (Å²) in [7, 11) is 0. The summed E-state index contributed by atoms with van der Waals surface area (Å²) in [6.45, 7) is 0. The van der Waals surface area contributed by atoms with E-state index in [0.29, 0.717) is 34.4 Å². The molecule has 36 heavy (non-hydrogen) atoms. The fourth-order valence-corrected chi connectivity index (χ4v) is 4.31. The maximum Gasteiger partial charge on any atom is 0.458 e. The Labute approximate surface area is 197 Å². The summed E-state index contributed by atoms with van der Waals surface area (Å²) in [5.41, 5.74) is 0.214. The molecule has 1 aliphatic carbocycles. The smallest absolute Gasteiger partial charge is 0.278 e. The average molecular weight is 505 g/mol. The van der Waals surface area contributed by atoms with Gasteiger partial charge in [0.15, 0.2) is 0 Å². The van der Waals surface area contributed by atoms with E-state index in [-0.39, 0.29) is 28.1 Å². The van der Waals surface area contributed by atoms with Gasteiger partial charge in [-0.3, -0.25) is 5.10 Å². The van der Waals surface area contributed by atoms with E-state index in [1.807, 2.05) is 0 Å². The molecule has 3 aromatic heterocycles. The zero-order chi connectivity index (χ0) is 25.4. The van der Waals surface area contributed by atoms with E-state index in [2.05, 4.69) is 20.3 Å². The molecule has 3 heterocycles. The first-order chi connectivity index (χ1) is 17.1. The maximum absolute atomic E-state index is 15.5. The number of aromatic nitrogens is 5. The summed E-state index contributed by atoms with van der Waals surface area (Å²) in [5, 5.41) is 11.3. The Morgan fingerprint density at radius 1 is 0.972 bits per heavy atom. The number of benzene rings is 2. The molecule has 0 aliphatic heterocycles. The van der Waals surface area contributed by atoms with Gasteiger partial charge in [-0.1, -0.05) is 0 Å². The van der Waals surface area contributed by atoms with Crippen LogP contribution in [0.3, 0.4) is 0 Å². The molecule has 184 valence electrons. The number of hydrogen-bond donors (Lipinski definition) is 1. The Bertz CT molecular complexity index is 1650. The highest BCUT2D eigenvalue weighted by Gasteiger charge is 2.60. The minimum Gasteiger partial charge on any atom is -0.278 e. The number of rotatable bonds is 4. The van der Waals surface area contributed by atoms with Crippen LogP contribution in [0.2, 0.25) is 0 Å². The van der Waals surface area contributed by atoms with Gasteiger partial charge >= 0.3 is 12.1 Å². The third-order valence-corrected chi connectivity index (χ3v) is 6.30. The Hall–Kier alpha value is -3.96. The van der Waals surface area contributed by atoms with Crippen LogP contribution in [0.1, 0.15) is 30.0 Å². The fraction of sp³-hybridized carbons (Fsp3) is 0.208. The zero-order valence-corrected chi connectivity index (χ0v) is 18.0. The van der Waals surface area contributed by atoms with Crippen molar-refractivity contribution in [1.29, 1.82) is 0 Å². The van der Waals surface area contributed by atoms with Gasteiger partial charge < -0.3 is 0 Å². The molecule has 1 aliphatic rings. The topological polar surface area (TPSA) is 58.9 Å². The van der Waals surface area contributed by atoms with Crippen molar-refractivity contribution in [1.82, 2.24) is 24.8 Å². The fourth-order valence-electron chi connectivity index (χ4n) is 4.31. The van der Waals surface area contributed by atoms with Crippen molar-refractivity contribution in [2.75, 3.05) is 0 Å². The minimum atomic E-state index is -5.98. The Kier molecular flexibility index (Phi) is 4.70. The van der Waals surface area contributed by atoms with Gasteiger partial charge in [-0.2, -0.15) is 32.1 Å². The number of alkyl halides is 5. The molecular weight excluding hydrogens is 491 g/mol. The van der Waals surface area contributed by atoms with Gasteiger partial charge in [-0.05, 0) is 49.2 Å². The quantitative estimate of drug-likeness (QED) is 0.275. The number of nitrogens with one attached hydrogen (secondary N) is 1. The molecule has 0 unspecified atom stereocenters. The zero-order valence-electron chi connectivity index (χ0n) is 18.0. The lowest BCUT2D eigenvalue weighted by atomic mass is 9.98. The van der Waals surface area contributed by atoms with Crippen molar-refractivity contribution in [3.8, 4) is 22.4 Å². The van der Waals surface area contributed by atoms with E-state index in [1.165, 1.54) is 23.1 Å². The van der Waals surface area contributed by atoms with Gasteiger partial charge in [-0.15, -0.1) is 0 Å². The van der Waals surface area contributed by atoms with Gasteiger partial charge in [-0.25, -0.2) is 18.3 Å². The van der Waals surface area contributed by atoms with Crippen LogP contribution in [0.4, 0.5) is 30.7 Å². The number of nitrogens with zero attached hydrogens (tertiary/aromatic N) is 4. The second-order valence-electron chi connectivity index (χ2n) is 8.66. The molecule has 0 spiro atoms. The van der Waals surface area contributed by atoms with E-state index < -0.39 is 29.3 Å². The van der Waals surface area contributed by atoms with Crippen molar-refractivity contribution >= 4 is 16.4 Å². The maximum atomic E-state index is 15.5. The Balaban J connectivity index is 1.55. The lowest BCUT2D eigenvalue weighted by Crippen LogP contribution is -2.34. The van der Waals surface area contributed by atoms with Crippen molar-refractivity contribution in [2.45, 2.75) is 30.9 Å². The first kappa shape index (κ1) is 22.5. The van der Waals surface area contributed by atoms with Crippen LogP contribution in [0.25, 0.3) is 38.8 Å². The second kappa shape index (κ2) is 7.52. The van der Waals surface area contributed by atoms with Crippen LogP contribution in [-0.4, -0.2) is 31.0 Å². The Morgan fingerprint density at radius 3 is 2.47 bits per heavy atom. The van der Waals surface area contributed by atoms with Crippen LogP contribution >= 0.6 is 0 Å². The summed E-state index contributed by atoms with van der Waals surface area (Å²) in [5.74, 6) is -7.55. The van der Waals surface area contributed by atoms with Crippen molar-refractivity contribution in [2.24, 2.45) is 0 Å². The monoisotopic (exact) mass is 505 g/mol. The number of fused-ring (bicyclic) bond motifs is 2. The van der Waals surface area contributed by atoms with Crippen LogP contribution < -0.4 is 0 Å². The van der Waals surface area contributed by atoms with Crippen LogP contribution in [0.15, 0.2) is 48.9 Å². The third-order valence-electron chi connectivity index (χ3n) is 6.30. The molecule has 5 nitrogen and oxygen atoms in total. The highest BCUT2D eigenvalue weighted by molar-refractivity contribution is 5.91. The first-order valence-electron chi connectivity index (χ1n) is 10.8. The predicted octanol–water partition coefficient (Wildman–Crippen LogP) is 6.75. The lowest BCUT2D eigenvalue weighted by molar-refractivity contribution is -0.290.